The quantitative estimate of drug-likeness (QED) is 0.438. The lowest BCUT2D eigenvalue weighted by atomic mass is 10.1. The second-order valence-electron chi connectivity index (χ2n) is 5.83. The molecule has 0 radical (unpaired) electrons. The molecule has 1 saturated heterocycles. The number of hydrogen-bond donors (Lipinski definition) is 2. The van der Waals surface area contributed by atoms with Crippen molar-refractivity contribution in [3.05, 3.63) is 24.3 Å². The van der Waals surface area contributed by atoms with Crippen molar-refractivity contribution in [1.29, 1.82) is 0 Å². The number of anilines is 1. The van der Waals surface area contributed by atoms with Gasteiger partial charge in [0.15, 0.2) is 5.96 Å². The summed E-state index contributed by atoms with van der Waals surface area (Å²) in [6, 6.07) is 8.54. The van der Waals surface area contributed by atoms with Crippen LogP contribution in [-0.2, 0) is 0 Å². The summed E-state index contributed by atoms with van der Waals surface area (Å²) in [5.41, 5.74) is 7.06. The van der Waals surface area contributed by atoms with Crippen molar-refractivity contribution in [2.24, 2.45) is 16.6 Å². The monoisotopic (exact) mass is 418 g/mol. The molecule has 5 nitrogen and oxygen atoms in total. The van der Waals surface area contributed by atoms with Crippen molar-refractivity contribution < 1.29 is 4.74 Å². The average Bonchev–Trinajstić information content (AvgIpc) is 2.93. The van der Waals surface area contributed by atoms with Crippen LogP contribution in [0.25, 0.3) is 0 Å². The summed E-state index contributed by atoms with van der Waals surface area (Å²) in [6.07, 6.45) is 1.15. The maximum absolute atomic E-state index is 5.85. The topological polar surface area (TPSA) is 62.9 Å². The molecule has 1 aromatic rings. The summed E-state index contributed by atoms with van der Waals surface area (Å²) in [6.45, 7) is 6.98. The Balaban J connectivity index is 0.00000242. The number of benzene rings is 1. The normalized spacial score (nSPS) is 18.3. The number of halogens is 1. The zero-order chi connectivity index (χ0) is 15.2. The predicted octanol–water partition coefficient (Wildman–Crippen LogP) is 2.45. The highest BCUT2D eigenvalue weighted by molar-refractivity contribution is 14.0. The third-order valence-corrected chi connectivity index (χ3v) is 3.66. The van der Waals surface area contributed by atoms with E-state index in [1.807, 2.05) is 12.1 Å². The zero-order valence-corrected chi connectivity index (χ0v) is 15.9. The van der Waals surface area contributed by atoms with Crippen molar-refractivity contribution in [3.8, 4) is 5.75 Å². The number of ether oxygens (including phenoxy) is 1. The minimum absolute atomic E-state index is 0. The van der Waals surface area contributed by atoms with Crippen LogP contribution in [-0.4, -0.2) is 38.7 Å². The molecule has 6 heteroatoms. The van der Waals surface area contributed by atoms with Crippen LogP contribution in [0.2, 0.25) is 0 Å². The van der Waals surface area contributed by atoms with Gasteiger partial charge in [0.25, 0.3) is 0 Å². The lowest BCUT2D eigenvalue weighted by Gasteiger charge is -2.19. The first-order valence-electron chi connectivity index (χ1n) is 7.54. The molecule has 0 aliphatic carbocycles. The summed E-state index contributed by atoms with van der Waals surface area (Å²) in [4.78, 5) is 6.82. The van der Waals surface area contributed by atoms with Crippen LogP contribution in [0.3, 0.4) is 0 Å². The summed E-state index contributed by atoms with van der Waals surface area (Å²) in [5.74, 6) is 2.01. The highest BCUT2D eigenvalue weighted by Crippen LogP contribution is 2.26. The third kappa shape index (κ3) is 5.55. The van der Waals surface area contributed by atoms with E-state index in [0.29, 0.717) is 17.9 Å². The number of rotatable bonds is 5. The molecule has 22 heavy (non-hydrogen) atoms. The Morgan fingerprint density at radius 3 is 2.95 bits per heavy atom. The van der Waals surface area contributed by atoms with E-state index in [1.165, 1.54) is 5.69 Å². The fourth-order valence-electron chi connectivity index (χ4n) is 2.59. The van der Waals surface area contributed by atoms with E-state index in [2.05, 4.69) is 41.2 Å². The van der Waals surface area contributed by atoms with Gasteiger partial charge >= 0.3 is 0 Å². The number of aliphatic imine (C=N–C) groups is 1. The largest absolute Gasteiger partial charge is 0.497 e. The van der Waals surface area contributed by atoms with Crippen molar-refractivity contribution >= 4 is 35.6 Å². The van der Waals surface area contributed by atoms with Gasteiger partial charge in [-0.15, -0.1) is 24.0 Å². The molecular weight excluding hydrogens is 391 g/mol. The first kappa shape index (κ1) is 18.9. The van der Waals surface area contributed by atoms with E-state index in [-0.39, 0.29) is 24.0 Å². The molecular formula is C16H27IN4O. The Morgan fingerprint density at radius 2 is 2.27 bits per heavy atom. The molecule has 0 spiro atoms. The molecule has 0 amide bonds. The van der Waals surface area contributed by atoms with E-state index in [1.54, 1.807) is 7.11 Å². The SMILES string of the molecule is COc1cccc(N2CCC(CN=C(N)NC(C)C)C2)c1.I. The Morgan fingerprint density at radius 1 is 1.50 bits per heavy atom. The third-order valence-electron chi connectivity index (χ3n) is 3.66. The summed E-state index contributed by atoms with van der Waals surface area (Å²) in [7, 11) is 1.70. The highest BCUT2D eigenvalue weighted by atomic mass is 127. The lowest BCUT2D eigenvalue weighted by Crippen LogP contribution is -2.37. The Hall–Kier alpha value is -1.18. The van der Waals surface area contributed by atoms with Gasteiger partial charge in [-0.25, -0.2) is 0 Å². The molecule has 1 fully saturated rings. The minimum atomic E-state index is 0. The molecule has 1 aliphatic heterocycles. The van der Waals surface area contributed by atoms with Gasteiger partial charge in [0.1, 0.15) is 5.75 Å². The van der Waals surface area contributed by atoms with Crippen molar-refractivity contribution in [2.45, 2.75) is 26.3 Å². The molecule has 0 bridgehead atoms. The molecule has 1 heterocycles. The van der Waals surface area contributed by atoms with Gasteiger partial charge in [-0.1, -0.05) is 6.07 Å². The first-order valence-corrected chi connectivity index (χ1v) is 7.54. The van der Waals surface area contributed by atoms with E-state index < -0.39 is 0 Å². The number of guanidine groups is 1. The Bertz CT molecular complexity index is 493. The summed E-state index contributed by atoms with van der Waals surface area (Å²) >= 11 is 0. The number of nitrogens with zero attached hydrogens (tertiary/aromatic N) is 2. The fourth-order valence-corrected chi connectivity index (χ4v) is 2.59. The van der Waals surface area contributed by atoms with Gasteiger partial charge in [0.05, 0.1) is 7.11 Å². The number of hydrogen-bond acceptors (Lipinski definition) is 3. The van der Waals surface area contributed by atoms with E-state index in [9.17, 15) is 0 Å². The molecule has 1 aromatic carbocycles. The Kier molecular flexibility index (Phi) is 7.78. The number of methoxy groups -OCH3 is 1. The van der Waals surface area contributed by atoms with Gasteiger partial charge in [-0.05, 0) is 38.3 Å². The van der Waals surface area contributed by atoms with Crippen molar-refractivity contribution in [1.82, 2.24) is 5.32 Å². The molecule has 0 aromatic heterocycles. The second kappa shape index (κ2) is 9.07. The van der Waals surface area contributed by atoms with Crippen LogP contribution in [0.5, 0.6) is 5.75 Å². The van der Waals surface area contributed by atoms with Gasteiger partial charge in [0.2, 0.25) is 0 Å². The van der Waals surface area contributed by atoms with Crippen LogP contribution >= 0.6 is 24.0 Å². The highest BCUT2D eigenvalue weighted by Gasteiger charge is 2.22. The molecule has 2 rings (SSSR count). The maximum Gasteiger partial charge on any atom is 0.188 e. The van der Waals surface area contributed by atoms with Crippen LogP contribution in [0.15, 0.2) is 29.3 Å². The standard InChI is InChI=1S/C16H26N4O.HI/c1-12(2)19-16(17)18-10-13-7-8-20(11-13)14-5-4-6-15(9-14)21-3;/h4-6,9,12-13H,7-8,10-11H2,1-3H3,(H3,17,18,19);1H. The van der Waals surface area contributed by atoms with Crippen molar-refractivity contribution in [2.75, 3.05) is 31.6 Å². The van der Waals surface area contributed by atoms with Gasteiger partial charge in [-0.2, -0.15) is 0 Å². The van der Waals surface area contributed by atoms with Crippen LogP contribution < -0.4 is 20.7 Å². The number of nitrogens with one attached hydrogen (secondary N) is 1. The van der Waals surface area contributed by atoms with E-state index >= 15 is 0 Å². The minimum Gasteiger partial charge on any atom is -0.497 e. The smallest absolute Gasteiger partial charge is 0.188 e. The maximum atomic E-state index is 5.85. The van der Waals surface area contributed by atoms with Crippen LogP contribution in [0.1, 0.15) is 20.3 Å². The zero-order valence-electron chi connectivity index (χ0n) is 13.6. The Labute approximate surface area is 150 Å². The van der Waals surface area contributed by atoms with E-state index in [4.69, 9.17) is 10.5 Å². The molecule has 1 aliphatic rings. The predicted molar refractivity (Wildman–Crippen MR) is 103 cm³/mol. The summed E-state index contributed by atoms with van der Waals surface area (Å²) < 4.78 is 5.28. The molecule has 1 atom stereocenters. The number of nitrogens with two attached hydrogens (primary N) is 1. The van der Waals surface area contributed by atoms with Crippen LogP contribution in [0.4, 0.5) is 5.69 Å². The molecule has 0 saturated carbocycles. The lowest BCUT2D eigenvalue weighted by molar-refractivity contribution is 0.415. The average molecular weight is 418 g/mol. The summed E-state index contributed by atoms with van der Waals surface area (Å²) in [5, 5.41) is 3.12. The van der Waals surface area contributed by atoms with Gasteiger partial charge in [-0.3, -0.25) is 4.99 Å². The van der Waals surface area contributed by atoms with Crippen LogP contribution in [0, 0.1) is 5.92 Å². The molecule has 124 valence electrons. The second-order valence-corrected chi connectivity index (χ2v) is 5.83. The molecule has 3 N–H and O–H groups in total. The van der Waals surface area contributed by atoms with E-state index in [0.717, 1.165) is 31.8 Å². The fraction of sp³-hybridized carbons (Fsp3) is 0.562. The van der Waals surface area contributed by atoms with Gasteiger partial charge < -0.3 is 20.7 Å². The first-order chi connectivity index (χ1) is 10.1. The van der Waals surface area contributed by atoms with Crippen molar-refractivity contribution in [3.63, 3.8) is 0 Å². The van der Waals surface area contributed by atoms with Gasteiger partial charge in [0, 0.05) is 37.4 Å². The molecule has 1 unspecified atom stereocenters.